The van der Waals surface area contributed by atoms with E-state index in [9.17, 15) is 0 Å². The summed E-state index contributed by atoms with van der Waals surface area (Å²) in [7, 11) is 0. The molecule has 2 aromatic rings. The zero-order chi connectivity index (χ0) is 14.9. The van der Waals surface area contributed by atoms with Crippen molar-refractivity contribution in [2.24, 2.45) is 0 Å². The monoisotopic (exact) mass is 285 g/mol. The maximum atomic E-state index is 4.75. The van der Waals surface area contributed by atoms with Crippen LogP contribution in [0.5, 0.6) is 0 Å². The Morgan fingerprint density at radius 2 is 1.86 bits per heavy atom. The Morgan fingerprint density at radius 1 is 1.05 bits per heavy atom. The van der Waals surface area contributed by atoms with Crippen LogP contribution < -0.4 is 5.32 Å². The topological polar surface area (TPSA) is 29.9 Å². The molecule has 1 unspecified atom stereocenters. The smallest absolute Gasteiger partial charge is 0.0798 e. The molecule has 2 rings (SSSR count). The van der Waals surface area contributed by atoms with Gasteiger partial charge >= 0.3 is 0 Å². The number of hydrogen-bond acceptors (Lipinski definition) is 2. The SMILES string of the molecule is CCCCCCC(NCC)c1ccn(-c2ccccc2)n1. The molecule has 0 aliphatic rings. The summed E-state index contributed by atoms with van der Waals surface area (Å²) in [5.74, 6) is 0. The van der Waals surface area contributed by atoms with Crippen LogP contribution in [-0.4, -0.2) is 16.3 Å². The van der Waals surface area contributed by atoms with E-state index in [1.807, 2.05) is 22.9 Å². The molecule has 1 aromatic heterocycles. The lowest BCUT2D eigenvalue weighted by Crippen LogP contribution is -2.21. The third-order valence-electron chi connectivity index (χ3n) is 3.78. The second kappa shape index (κ2) is 8.63. The van der Waals surface area contributed by atoms with Crippen LogP contribution in [0.3, 0.4) is 0 Å². The highest BCUT2D eigenvalue weighted by atomic mass is 15.3. The van der Waals surface area contributed by atoms with Gasteiger partial charge in [0.2, 0.25) is 0 Å². The maximum Gasteiger partial charge on any atom is 0.0798 e. The standard InChI is InChI=1S/C18H27N3/c1-3-5-6-10-13-17(19-4-2)18-14-15-21(20-18)16-11-8-7-9-12-16/h7-9,11-12,14-15,17,19H,3-6,10,13H2,1-2H3. The molecule has 0 aliphatic carbocycles. The first-order chi connectivity index (χ1) is 10.3. The second-order valence-corrected chi connectivity index (χ2v) is 5.48. The van der Waals surface area contributed by atoms with E-state index in [4.69, 9.17) is 5.10 Å². The minimum Gasteiger partial charge on any atom is -0.309 e. The minimum absolute atomic E-state index is 0.372. The van der Waals surface area contributed by atoms with Gasteiger partial charge in [0, 0.05) is 6.20 Å². The maximum absolute atomic E-state index is 4.75. The van der Waals surface area contributed by atoms with Crippen LogP contribution in [0.25, 0.3) is 5.69 Å². The molecule has 1 aromatic carbocycles. The molecular formula is C18H27N3. The number of nitrogens with one attached hydrogen (secondary N) is 1. The molecule has 0 spiro atoms. The van der Waals surface area contributed by atoms with Crippen LogP contribution in [0.1, 0.15) is 57.7 Å². The average Bonchev–Trinajstić information content (AvgIpc) is 3.01. The highest BCUT2D eigenvalue weighted by molar-refractivity contribution is 5.30. The first-order valence-electron chi connectivity index (χ1n) is 8.19. The fraction of sp³-hybridized carbons (Fsp3) is 0.500. The van der Waals surface area contributed by atoms with Crippen LogP contribution in [-0.2, 0) is 0 Å². The van der Waals surface area contributed by atoms with Gasteiger partial charge in [-0.15, -0.1) is 0 Å². The molecule has 0 fully saturated rings. The van der Waals surface area contributed by atoms with Crippen molar-refractivity contribution in [3.63, 3.8) is 0 Å². The fourth-order valence-corrected chi connectivity index (χ4v) is 2.62. The molecule has 1 N–H and O–H groups in total. The molecule has 0 aliphatic heterocycles. The first kappa shape index (κ1) is 15.8. The van der Waals surface area contributed by atoms with Gasteiger partial charge in [-0.2, -0.15) is 5.10 Å². The van der Waals surface area contributed by atoms with Gasteiger partial charge < -0.3 is 5.32 Å². The molecule has 1 atom stereocenters. The molecule has 0 saturated carbocycles. The van der Waals surface area contributed by atoms with Crippen molar-refractivity contribution in [2.75, 3.05) is 6.54 Å². The predicted octanol–water partition coefficient (Wildman–Crippen LogP) is 4.49. The van der Waals surface area contributed by atoms with Crippen molar-refractivity contribution < 1.29 is 0 Å². The molecule has 0 amide bonds. The molecule has 0 saturated heterocycles. The van der Waals surface area contributed by atoms with Crippen LogP contribution >= 0.6 is 0 Å². The second-order valence-electron chi connectivity index (χ2n) is 5.48. The summed E-state index contributed by atoms with van der Waals surface area (Å²) in [5.41, 5.74) is 2.27. The molecule has 3 nitrogen and oxygen atoms in total. The predicted molar refractivity (Wildman–Crippen MR) is 88.7 cm³/mol. The Hall–Kier alpha value is -1.61. The highest BCUT2D eigenvalue weighted by Crippen LogP contribution is 2.19. The van der Waals surface area contributed by atoms with Crippen LogP contribution in [0.15, 0.2) is 42.6 Å². The third kappa shape index (κ3) is 4.71. The summed E-state index contributed by atoms with van der Waals surface area (Å²) in [6.07, 6.45) is 8.42. The minimum atomic E-state index is 0.372. The normalized spacial score (nSPS) is 12.5. The molecule has 114 valence electrons. The lowest BCUT2D eigenvalue weighted by molar-refractivity contribution is 0.470. The average molecular weight is 285 g/mol. The van der Waals surface area contributed by atoms with Crippen LogP contribution in [0, 0.1) is 0 Å². The van der Waals surface area contributed by atoms with E-state index in [-0.39, 0.29) is 0 Å². The molecule has 0 bridgehead atoms. The van der Waals surface area contributed by atoms with Crippen molar-refractivity contribution in [3.05, 3.63) is 48.3 Å². The molecule has 3 heteroatoms. The lowest BCUT2D eigenvalue weighted by atomic mass is 10.0. The molecule has 21 heavy (non-hydrogen) atoms. The van der Waals surface area contributed by atoms with E-state index >= 15 is 0 Å². The van der Waals surface area contributed by atoms with E-state index < -0.39 is 0 Å². The van der Waals surface area contributed by atoms with Gasteiger partial charge in [-0.25, -0.2) is 4.68 Å². The number of rotatable bonds is 9. The summed E-state index contributed by atoms with van der Waals surface area (Å²) < 4.78 is 1.96. The van der Waals surface area contributed by atoms with Crippen molar-refractivity contribution in [1.29, 1.82) is 0 Å². The van der Waals surface area contributed by atoms with Gasteiger partial charge in [0.1, 0.15) is 0 Å². The fourth-order valence-electron chi connectivity index (χ4n) is 2.62. The summed E-state index contributed by atoms with van der Waals surface area (Å²) in [4.78, 5) is 0. The Labute approximate surface area is 128 Å². The first-order valence-corrected chi connectivity index (χ1v) is 8.19. The van der Waals surface area contributed by atoms with Gasteiger partial charge in [0.15, 0.2) is 0 Å². The Bertz CT molecular complexity index is 504. The van der Waals surface area contributed by atoms with Gasteiger partial charge in [0.05, 0.1) is 17.4 Å². The van der Waals surface area contributed by atoms with Crippen LogP contribution in [0.4, 0.5) is 0 Å². The van der Waals surface area contributed by atoms with E-state index in [1.165, 1.54) is 32.1 Å². The van der Waals surface area contributed by atoms with Gasteiger partial charge in [-0.05, 0) is 31.2 Å². The molecule has 0 radical (unpaired) electrons. The van der Waals surface area contributed by atoms with Crippen molar-refractivity contribution >= 4 is 0 Å². The van der Waals surface area contributed by atoms with Gasteiger partial charge in [-0.3, -0.25) is 0 Å². The van der Waals surface area contributed by atoms with Crippen molar-refractivity contribution in [3.8, 4) is 5.69 Å². The summed E-state index contributed by atoms with van der Waals surface area (Å²) in [6.45, 7) is 5.40. The highest BCUT2D eigenvalue weighted by Gasteiger charge is 2.13. The summed E-state index contributed by atoms with van der Waals surface area (Å²) in [5, 5.41) is 8.32. The summed E-state index contributed by atoms with van der Waals surface area (Å²) >= 11 is 0. The largest absolute Gasteiger partial charge is 0.309 e. The number of aromatic nitrogens is 2. The van der Waals surface area contributed by atoms with Crippen molar-refractivity contribution in [1.82, 2.24) is 15.1 Å². The van der Waals surface area contributed by atoms with Gasteiger partial charge in [-0.1, -0.05) is 57.7 Å². The van der Waals surface area contributed by atoms with Crippen molar-refractivity contribution in [2.45, 2.75) is 52.0 Å². The number of hydrogen-bond donors (Lipinski definition) is 1. The third-order valence-corrected chi connectivity index (χ3v) is 3.78. The Kier molecular flexibility index (Phi) is 6.48. The number of benzene rings is 1. The van der Waals surface area contributed by atoms with E-state index in [1.54, 1.807) is 0 Å². The van der Waals surface area contributed by atoms with Crippen LogP contribution in [0.2, 0.25) is 0 Å². The zero-order valence-electron chi connectivity index (χ0n) is 13.3. The lowest BCUT2D eigenvalue weighted by Gasteiger charge is -2.15. The van der Waals surface area contributed by atoms with E-state index in [2.05, 4.69) is 43.6 Å². The van der Waals surface area contributed by atoms with E-state index in [0.29, 0.717) is 6.04 Å². The molecular weight excluding hydrogens is 258 g/mol. The van der Waals surface area contributed by atoms with E-state index in [0.717, 1.165) is 17.9 Å². The Morgan fingerprint density at radius 3 is 2.57 bits per heavy atom. The molecule has 1 heterocycles. The van der Waals surface area contributed by atoms with Gasteiger partial charge in [0.25, 0.3) is 0 Å². The Balaban J connectivity index is 2.01. The number of unbranched alkanes of at least 4 members (excludes halogenated alkanes) is 3. The zero-order valence-corrected chi connectivity index (χ0v) is 13.3. The number of nitrogens with zero attached hydrogens (tertiary/aromatic N) is 2. The summed E-state index contributed by atoms with van der Waals surface area (Å²) in [6, 6.07) is 12.8. The number of para-hydroxylation sites is 1. The quantitative estimate of drug-likeness (QED) is 0.688.